The van der Waals surface area contributed by atoms with E-state index < -0.39 is 0 Å². The van der Waals surface area contributed by atoms with Crippen molar-refractivity contribution in [2.24, 2.45) is 5.92 Å². The number of nitrogens with zero attached hydrogens (tertiary/aromatic N) is 4. The minimum Gasteiger partial charge on any atom is -0.376 e. The molecule has 1 amide bonds. The van der Waals surface area contributed by atoms with Crippen molar-refractivity contribution >= 4 is 29.3 Å². The number of hydrogen-bond donors (Lipinski definition) is 1. The number of thioether (sulfide) groups is 1. The SMILES string of the molecule is Cc1ccc(C)c(NC(=O)CSc2nnc(N3CCC(C)CC3)n2CC2CCCO2)c1. The number of ether oxygens (including phenoxy) is 1. The van der Waals surface area contributed by atoms with E-state index in [0.29, 0.717) is 5.75 Å². The van der Waals surface area contributed by atoms with E-state index in [-0.39, 0.29) is 12.0 Å². The first-order valence-electron chi connectivity index (χ1n) is 11.3. The molecule has 0 spiro atoms. The van der Waals surface area contributed by atoms with Crippen LogP contribution in [0.3, 0.4) is 0 Å². The fourth-order valence-corrected chi connectivity index (χ4v) is 4.91. The first-order chi connectivity index (χ1) is 15.0. The monoisotopic (exact) mass is 443 g/mol. The number of aryl methyl sites for hydroxylation is 2. The maximum atomic E-state index is 12.6. The molecular formula is C23H33N5O2S. The minimum atomic E-state index is -0.0290. The summed E-state index contributed by atoms with van der Waals surface area (Å²) >= 11 is 1.45. The van der Waals surface area contributed by atoms with Crippen LogP contribution in [0.25, 0.3) is 0 Å². The Morgan fingerprint density at radius 3 is 2.77 bits per heavy atom. The lowest BCUT2D eigenvalue weighted by Gasteiger charge is -2.31. The van der Waals surface area contributed by atoms with Crippen LogP contribution in [-0.4, -0.2) is 52.2 Å². The van der Waals surface area contributed by atoms with Crippen LogP contribution in [0.5, 0.6) is 0 Å². The molecule has 1 atom stereocenters. The number of nitrogens with one attached hydrogen (secondary N) is 1. The third-order valence-corrected chi connectivity index (χ3v) is 7.14. The second-order valence-corrected chi connectivity index (χ2v) is 9.80. The number of benzene rings is 1. The highest BCUT2D eigenvalue weighted by Crippen LogP contribution is 2.28. The Hall–Kier alpha value is -2.06. The molecule has 3 heterocycles. The predicted octanol–water partition coefficient (Wildman–Crippen LogP) is 4.04. The predicted molar refractivity (Wildman–Crippen MR) is 125 cm³/mol. The number of aromatic nitrogens is 3. The van der Waals surface area contributed by atoms with E-state index >= 15 is 0 Å². The Morgan fingerprint density at radius 2 is 2.03 bits per heavy atom. The number of anilines is 2. The van der Waals surface area contributed by atoms with Gasteiger partial charge in [-0.15, -0.1) is 10.2 Å². The van der Waals surface area contributed by atoms with Crippen LogP contribution in [0, 0.1) is 19.8 Å². The van der Waals surface area contributed by atoms with Gasteiger partial charge in [-0.2, -0.15) is 0 Å². The fourth-order valence-electron chi connectivity index (χ4n) is 4.17. The van der Waals surface area contributed by atoms with Crippen LogP contribution >= 0.6 is 11.8 Å². The second kappa shape index (κ2) is 10.0. The topological polar surface area (TPSA) is 72.3 Å². The van der Waals surface area contributed by atoms with Gasteiger partial charge in [0, 0.05) is 25.4 Å². The number of carbonyl (C=O) groups is 1. The lowest BCUT2D eigenvalue weighted by atomic mass is 10.00. The normalized spacial score (nSPS) is 19.7. The summed E-state index contributed by atoms with van der Waals surface area (Å²) in [6.07, 6.45) is 4.71. The zero-order chi connectivity index (χ0) is 21.8. The van der Waals surface area contributed by atoms with Crippen LogP contribution in [0.1, 0.15) is 43.7 Å². The molecule has 1 aromatic carbocycles. The molecule has 31 heavy (non-hydrogen) atoms. The van der Waals surface area contributed by atoms with E-state index in [1.807, 2.05) is 26.0 Å². The van der Waals surface area contributed by atoms with Crippen molar-refractivity contribution in [3.8, 4) is 0 Å². The van der Waals surface area contributed by atoms with Gasteiger partial charge < -0.3 is 15.0 Å². The van der Waals surface area contributed by atoms with E-state index in [2.05, 4.69) is 38.0 Å². The molecular weight excluding hydrogens is 410 g/mol. The van der Waals surface area contributed by atoms with Crippen LogP contribution < -0.4 is 10.2 Å². The lowest BCUT2D eigenvalue weighted by Crippen LogP contribution is -2.35. The van der Waals surface area contributed by atoms with Gasteiger partial charge in [0.25, 0.3) is 0 Å². The van der Waals surface area contributed by atoms with Gasteiger partial charge in [0.05, 0.1) is 18.4 Å². The molecule has 2 aromatic rings. The summed E-state index contributed by atoms with van der Waals surface area (Å²) in [5.41, 5.74) is 3.06. The second-order valence-electron chi connectivity index (χ2n) is 8.85. The highest BCUT2D eigenvalue weighted by Gasteiger charge is 2.26. The summed E-state index contributed by atoms with van der Waals surface area (Å²) in [7, 11) is 0. The molecule has 168 valence electrons. The van der Waals surface area contributed by atoms with Crippen LogP contribution in [0.2, 0.25) is 0 Å². The standard InChI is InChI=1S/C23H33N5O2S/c1-16-8-10-27(11-9-16)22-25-26-23(28(22)14-19-5-4-12-30-19)31-15-21(29)24-20-13-17(2)6-7-18(20)3/h6-7,13,16,19H,4-5,8-12,14-15H2,1-3H3,(H,24,29). The largest absolute Gasteiger partial charge is 0.376 e. The molecule has 2 aliphatic heterocycles. The van der Waals surface area contributed by atoms with Gasteiger partial charge >= 0.3 is 0 Å². The van der Waals surface area contributed by atoms with Crippen molar-refractivity contribution < 1.29 is 9.53 Å². The first kappa shape index (κ1) is 22.1. The summed E-state index contributed by atoms with van der Waals surface area (Å²) in [5.74, 6) is 1.95. The number of piperidine rings is 1. The molecule has 2 aliphatic rings. The average molecular weight is 444 g/mol. The van der Waals surface area contributed by atoms with Crippen LogP contribution in [0.4, 0.5) is 11.6 Å². The molecule has 0 radical (unpaired) electrons. The smallest absolute Gasteiger partial charge is 0.234 e. The van der Waals surface area contributed by atoms with E-state index in [0.717, 1.165) is 72.9 Å². The molecule has 2 saturated heterocycles. The minimum absolute atomic E-state index is 0.0290. The van der Waals surface area contributed by atoms with Crippen molar-refractivity contribution in [1.29, 1.82) is 0 Å². The van der Waals surface area contributed by atoms with Gasteiger partial charge in [-0.1, -0.05) is 30.8 Å². The summed E-state index contributed by atoms with van der Waals surface area (Å²) in [6.45, 7) is 9.92. The fraction of sp³-hybridized carbons (Fsp3) is 0.609. The maximum Gasteiger partial charge on any atom is 0.234 e. The third-order valence-electron chi connectivity index (χ3n) is 6.17. The van der Waals surface area contributed by atoms with Crippen molar-refractivity contribution in [3.63, 3.8) is 0 Å². The first-order valence-corrected chi connectivity index (χ1v) is 12.3. The van der Waals surface area contributed by atoms with Crippen molar-refractivity contribution in [3.05, 3.63) is 29.3 Å². The van der Waals surface area contributed by atoms with E-state index in [9.17, 15) is 4.79 Å². The quantitative estimate of drug-likeness (QED) is 0.651. The van der Waals surface area contributed by atoms with Crippen LogP contribution in [0.15, 0.2) is 23.4 Å². The zero-order valence-electron chi connectivity index (χ0n) is 18.8. The Labute approximate surface area is 188 Å². The highest BCUT2D eigenvalue weighted by atomic mass is 32.2. The molecule has 0 saturated carbocycles. The molecule has 0 bridgehead atoms. The highest BCUT2D eigenvalue weighted by molar-refractivity contribution is 7.99. The number of rotatable bonds is 7. The number of amides is 1. The molecule has 0 aliphatic carbocycles. The maximum absolute atomic E-state index is 12.6. The average Bonchev–Trinajstić information content (AvgIpc) is 3.40. The molecule has 7 nitrogen and oxygen atoms in total. The lowest BCUT2D eigenvalue weighted by molar-refractivity contribution is -0.113. The molecule has 8 heteroatoms. The van der Waals surface area contributed by atoms with Gasteiger partial charge in [0.15, 0.2) is 5.16 Å². The summed E-state index contributed by atoms with van der Waals surface area (Å²) in [5, 5.41) is 12.8. The van der Waals surface area contributed by atoms with Crippen molar-refractivity contribution in [2.45, 2.75) is 64.3 Å². The van der Waals surface area contributed by atoms with Gasteiger partial charge in [0.2, 0.25) is 11.9 Å². The van der Waals surface area contributed by atoms with Gasteiger partial charge in [-0.05, 0) is 62.6 Å². The van der Waals surface area contributed by atoms with Crippen molar-refractivity contribution in [2.75, 3.05) is 35.7 Å². The third kappa shape index (κ3) is 5.60. The van der Waals surface area contributed by atoms with Gasteiger partial charge in [-0.3, -0.25) is 9.36 Å². The molecule has 4 rings (SSSR count). The van der Waals surface area contributed by atoms with Gasteiger partial charge in [0.1, 0.15) is 0 Å². The number of hydrogen-bond acceptors (Lipinski definition) is 6. The summed E-state index contributed by atoms with van der Waals surface area (Å²) in [6, 6.07) is 6.09. The van der Waals surface area contributed by atoms with E-state index in [1.54, 1.807) is 0 Å². The van der Waals surface area contributed by atoms with Gasteiger partial charge in [-0.25, -0.2) is 0 Å². The van der Waals surface area contributed by atoms with E-state index in [4.69, 9.17) is 4.74 Å². The Kier molecular flexibility index (Phi) is 7.17. The van der Waals surface area contributed by atoms with E-state index in [1.165, 1.54) is 24.6 Å². The Bertz CT molecular complexity index is 901. The summed E-state index contributed by atoms with van der Waals surface area (Å²) in [4.78, 5) is 15.0. The summed E-state index contributed by atoms with van der Waals surface area (Å²) < 4.78 is 8.05. The molecule has 1 unspecified atom stereocenters. The molecule has 2 fully saturated rings. The Balaban J connectivity index is 1.45. The van der Waals surface area contributed by atoms with Crippen LogP contribution in [-0.2, 0) is 16.1 Å². The number of carbonyl (C=O) groups excluding carboxylic acids is 1. The molecule has 1 aromatic heterocycles. The van der Waals surface area contributed by atoms with Crippen molar-refractivity contribution in [1.82, 2.24) is 14.8 Å². The Morgan fingerprint density at radius 1 is 1.23 bits per heavy atom. The molecule has 1 N–H and O–H groups in total. The zero-order valence-corrected chi connectivity index (χ0v) is 19.6.